The van der Waals surface area contributed by atoms with E-state index < -0.39 is 0 Å². The molecule has 4 aromatic rings. The van der Waals surface area contributed by atoms with E-state index in [0.717, 1.165) is 51.1 Å². The van der Waals surface area contributed by atoms with Crippen LogP contribution in [-0.4, -0.2) is 33.2 Å². The summed E-state index contributed by atoms with van der Waals surface area (Å²) >= 11 is 5.26. The lowest BCUT2D eigenvalue weighted by molar-refractivity contribution is 0.356. The van der Waals surface area contributed by atoms with Gasteiger partial charge in [0.25, 0.3) is 0 Å². The first-order valence-corrected chi connectivity index (χ1v) is 11.5. The third-order valence-corrected chi connectivity index (χ3v) is 7.20. The van der Waals surface area contributed by atoms with Crippen molar-refractivity contribution >= 4 is 44.7 Å². The average Bonchev–Trinajstić information content (AvgIpc) is 3.37. The molecule has 0 fully saturated rings. The second kappa shape index (κ2) is 8.39. The third kappa shape index (κ3) is 3.95. The van der Waals surface area contributed by atoms with Gasteiger partial charge in [0, 0.05) is 22.3 Å². The van der Waals surface area contributed by atoms with E-state index in [4.69, 9.17) is 20.2 Å². The maximum Gasteiger partial charge on any atom is 0.175 e. The molecule has 0 amide bonds. The van der Waals surface area contributed by atoms with Crippen molar-refractivity contribution in [2.24, 2.45) is 0 Å². The molecule has 158 valence electrons. The number of hydrogen-bond donors (Lipinski definition) is 1. The Kier molecular flexibility index (Phi) is 5.45. The number of anilines is 1. The van der Waals surface area contributed by atoms with Gasteiger partial charge in [-0.3, -0.25) is 0 Å². The van der Waals surface area contributed by atoms with Crippen molar-refractivity contribution in [1.82, 2.24) is 19.5 Å². The maximum atomic E-state index is 6.10. The van der Waals surface area contributed by atoms with Gasteiger partial charge in [-0.2, -0.15) is 0 Å². The van der Waals surface area contributed by atoms with Crippen molar-refractivity contribution in [1.29, 1.82) is 0 Å². The van der Waals surface area contributed by atoms with E-state index in [-0.39, 0.29) is 0 Å². The zero-order valence-electron chi connectivity index (χ0n) is 16.8. The lowest BCUT2D eigenvalue weighted by atomic mass is 10.1. The van der Waals surface area contributed by atoms with Crippen LogP contribution in [0.25, 0.3) is 11.2 Å². The number of fused-ring (bicyclic) bond motifs is 2. The molecule has 3 heterocycles. The number of nitrogen functional groups attached to an aromatic ring is 1. The van der Waals surface area contributed by atoms with Crippen LogP contribution in [0.4, 0.5) is 5.82 Å². The highest BCUT2D eigenvalue weighted by Crippen LogP contribution is 2.40. The Balaban J connectivity index is 1.51. The van der Waals surface area contributed by atoms with E-state index in [1.165, 1.54) is 17.5 Å². The summed E-state index contributed by atoms with van der Waals surface area (Å²) in [5, 5.41) is 0.824. The highest BCUT2D eigenvalue weighted by Gasteiger charge is 2.20. The van der Waals surface area contributed by atoms with Gasteiger partial charge in [0.1, 0.15) is 17.8 Å². The van der Waals surface area contributed by atoms with E-state index in [1.807, 2.05) is 24.3 Å². The zero-order valence-corrected chi connectivity index (χ0v) is 19.2. The standard InChI is InChI=1S/C22H20BrN5O2S/c1-29-15-4-2-3-13(9-15)5-7-28-21-19(20(24)25-12-26-21)27-22(28)31-18-10-14-6-8-30-17(14)11-16(18)23/h2-4,9-12H,5-8H2,1H3,(H2,24,25,26). The van der Waals surface area contributed by atoms with Crippen molar-refractivity contribution in [3.63, 3.8) is 0 Å². The first-order valence-electron chi connectivity index (χ1n) is 9.85. The summed E-state index contributed by atoms with van der Waals surface area (Å²) < 4.78 is 14.1. The van der Waals surface area contributed by atoms with Crippen molar-refractivity contribution < 1.29 is 9.47 Å². The van der Waals surface area contributed by atoms with Crippen LogP contribution in [0.3, 0.4) is 0 Å². The normalized spacial score (nSPS) is 12.7. The van der Waals surface area contributed by atoms with Gasteiger partial charge >= 0.3 is 0 Å². The van der Waals surface area contributed by atoms with Crippen molar-refractivity contribution in [2.75, 3.05) is 19.5 Å². The molecule has 1 aliphatic heterocycles. The van der Waals surface area contributed by atoms with Crippen molar-refractivity contribution in [3.05, 3.63) is 58.3 Å². The molecule has 0 aliphatic carbocycles. The first kappa shape index (κ1) is 20.1. The number of halogens is 1. The number of methoxy groups -OCH3 is 1. The summed E-state index contributed by atoms with van der Waals surface area (Å²) in [6.45, 7) is 1.43. The minimum absolute atomic E-state index is 0.383. The largest absolute Gasteiger partial charge is 0.497 e. The summed E-state index contributed by atoms with van der Waals surface area (Å²) in [7, 11) is 1.68. The molecule has 0 unspecified atom stereocenters. The summed E-state index contributed by atoms with van der Waals surface area (Å²) in [5.41, 5.74) is 9.85. The van der Waals surface area contributed by atoms with Gasteiger partial charge < -0.3 is 19.8 Å². The van der Waals surface area contributed by atoms with Crippen LogP contribution >= 0.6 is 27.7 Å². The van der Waals surface area contributed by atoms with Gasteiger partial charge in [-0.25, -0.2) is 15.0 Å². The van der Waals surface area contributed by atoms with Crippen molar-refractivity contribution in [3.8, 4) is 11.5 Å². The monoisotopic (exact) mass is 497 g/mol. The Bertz CT molecular complexity index is 1280. The molecule has 0 spiro atoms. The van der Waals surface area contributed by atoms with E-state index >= 15 is 0 Å². The Morgan fingerprint density at radius 1 is 1.26 bits per heavy atom. The first-order chi connectivity index (χ1) is 15.1. The predicted octanol–water partition coefficient (Wildman–Crippen LogP) is 4.51. The molecular weight excluding hydrogens is 478 g/mol. The number of hydrogen-bond acceptors (Lipinski definition) is 7. The topological polar surface area (TPSA) is 88.1 Å². The Labute approximate surface area is 192 Å². The maximum absolute atomic E-state index is 6.10. The van der Waals surface area contributed by atoms with Crippen LogP contribution in [0, 0.1) is 0 Å². The molecule has 0 atom stereocenters. The summed E-state index contributed by atoms with van der Waals surface area (Å²) in [4.78, 5) is 14.4. The Morgan fingerprint density at radius 2 is 2.16 bits per heavy atom. The SMILES string of the molecule is COc1cccc(CCn2c(Sc3cc4c(cc3Br)OCC4)nc3c(N)ncnc32)c1. The number of nitrogens with two attached hydrogens (primary N) is 1. The molecule has 1 aliphatic rings. The van der Waals surface area contributed by atoms with Crippen LogP contribution in [-0.2, 0) is 19.4 Å². The number of benzene rings is 2. The number of nitrogens with zero attached hydrogens (tertiary/aromatic N) is 4. The molecule has 2 N–H and O–H groups in total. The van der Waals surface area contributed by atoms with Crippen molar-refractivity contribution in [2.45, 2.75) is 29.4 Å². The summed E-state index contributed by atoms with van der Waals surface area (Å²) in [5.74, 6) is 2.17. The fourth-order valence-corrected chi connectivity index (χ4v) is 5.18. The zero-order chi connectivity index (χ0) is 21.4. The van der Waals surface area contributed by atoms with Crippen LogP contribution in [0.15, 0.2) is 57.3 Å². The molecule has 9 heteroatoms. The van der Waals surface area contributed by atoms with E-state index in [0.29, 0.717) is 17.9 Å². The molecule has 7 nitrogen and oxygen atoms in total. The van der Waals surface area contributed by atoms with Crippen LogP contribution in [0.2, 0.25) is 0 Å². The molecule has 0 radical (unpaired) electrons. The number of imidazole rings is 1. The van der Waals surface area contributed by atoms with Gasteiger partial charge in [0.2, 0.25) is 0 Å². The van der Waals surface area contributed by atoms with Gasteiger partial charge in [-0.1, -0.05) is 23.9 Å². The smallest absolute Gasteiger partial charge is 0.175 e. The summed E-state index contributed by atoms with van der Waals surface area (Å²) in [6, 6.07) is 12.3. The fourth-order valence-electron chi connectivity index (χ4n) is 3.64. The Hall–Kier alpha value is -2.78. The highest BCUT2D eigenvalue weighted by molar-refractivity contribution is 9.10. The lowest BCUT2D eigenvalue weighted by Gasteiger charge is -2.11. The fraction of sp³-hybridized carbons (Fsp3) is 0.227. The number of ether oxygens (including phenoxy) is 2. The second-order valence-corrected chi connectivity index (χ2v) is 9.03. The minimum atomic E-state index is 0.383. The highest BCUT2D eigenvalue weighted by atomic mass is 79.9. The number of aromatic nitrogens is 4. The minimum Gasteiger partial charge on any atom is -0.497 e. The van der Waals surface area contributed by atoms with Gasteiger partial charge in [0.05, 0.1) is 13.7 Å². The quantitative estimate of drug-likeness (QED) is 0.419. The molecule has 0 bridgehead atoms. The lowest BCUT2D eigenvalue weighted by Crippen LogP contribution is -2.04. The second-order valence-electron chi connectivity index (χ2n) is 7.17. The van der Waals surface area contributed by atoms with E-state index in [9.17, 15) is 0 Å². The van der Waals surface area contributed by atoms with Crippen LogP contribution in [0.1, 0.15) is 11.1 Å². The number of rotatable bonds is 6. The molecule has 5 rings (SSSR count). The third-order valence-electron chi connectivity index (χ3n) is 5.23. The van der Waals surface area contributed by atoms with E-state index in [1.54, 1.807) is 18.9 Å². The van der Waals surface area contributed by atoms with Gasteiger partial charge in [0.15, 0.2) is 22.1 Å². The molecule has 0 saturated heterocycles. The molecule has 2 aromatic heterocycles. The molecule has 0 saturated carbocycles. The average molecular weight is 498 g/mol. The van der Waals surface area contributed by atoms with Gasteiger partial charge in [-0.05, 0) is 57.7 Å². The van der Waals surface area contributed by atoms with Gasteiger partial charge in [-0.15, -0.1) is 0 Å². The summed E-state index contributed by atoms with van der Waals surface area (Å²) in [6.07, 6.45) is 3.21. The van der Waals surface area contributed by atoms with E-state index in [2.05, 4.69) is 42.6 Å². The molecule has 31 heavy (non-hydrogen) atoms. The number of aryl methyl sites for hydroxylation is 2. The molecular formula is C22H20BrN5O2S. The Morgan fingerprint density at radius 3 is 3.03 bits per heavy atom. The predicted molar refractivity (Wildman–Crippen MR) is 124 cm³/mol. The van der Waals surface area contributed by atoms with Crippen LogP contribution in [0.5, 0.6) is 11.5 Å². The molecule has 2 aromatic carbocycles. The van der Waals surface area contributed by atoms with Crippen LogP contribution < -0.4 is 15.2 Å².